The zero-order chi connectivity index (χ0) is 9.40. The average Bonchev–Trinajstić information content (AvgIpc) is 2.04. The van der Waals surface area contributed by atoms with Gasteiger partial charge < -0.3 is 0 Å². The molecule has 0 rings (SSSR count). The van der Waals surface area contributed by atoms with Crippen molar-refractivity contribution in [3.63, 3.8) is 0 Å². The van der Waals surface area contributed by atoms with Crippen molar-refractivity contribution >= 4 is 6.29 Å². The molecule has 0 aliphatic heterocycles. The van der Waals surface area contributed by atoms with Crippen molar-refractivity contribution in [2.45, 2.75) is 46.5 Å². The summed E-state index contributed by atoms with van der Waals surface area (Å²) in [5, 5.41) is 0. The smallest absolute Gasteiger partial charge is 0.142 e. The second-order valence-corrected chi connectivity index (χ2v) is 3.55. The maximum absolute atomic E-state index is 10.1. The molecule has 1 heteroatoms. The Labute approximate surface area is 75.9 Å². The van der Waals surface area contributed by atoms with Crippen molar-refractivity contribution in [3.8, 4) is 0 Å². The van der Waals surface area contributed by atoms with Gasteiger partial charge in [-0.3, -0.25) is 4.79 Å². The minimum absolute atomic E-state index is 0.828. The number of hydrogen-bond donors (Lipinski definition) is 0. The minimum atomic E-state index is 0.828. The van der Waals surface area contributed by atoms with Crippen LogP contribution in [-0.2, 0) is 4.79 Å². The summed E-state index contributed by atoms with van der Waals surface area (Å²) in [6, 6.07) is 0. The predicted molar refractivity (Wildman–Crippen MR) is 53.1 cm³/mol. The summed E-state index contributed by atoms with van der Waals surface area (Å²) in [7, 11) is 0. The number of carbonyl (C=O) groups excluding carboxylic acids is 1. The van der Waals surface area contributed by atoms with E-state index in [0.717, 1.165) is 18.6 Å². The molecule has 0 aromatic heterocycles. The van der Waals surface area contributed by atoms with Crippen molar-refractivity contribution in [2.75, 3.05) is 0 Å². The van der Waals surface area contributed by atoms with Crippen molar-refractivity contribution < 1.29 is 4.79 Å². The van der Waals surface area contributed by atoms with E-state index in [9.17, 15) is 4.79 Å². The van der Waals surface area contributed by atoms with Crippen LogP contribution in [-0.4, -0.2) is 6.29 Å². The molecule has 0 saturated carbocycles. The lowest BCUT2D eigenvalue weighted by molar-refractivity contribution is -0.104. The molecule has 0 radical (unpaired) electrons. The fraction of sp³-hybridized carbons (Fsp3) is 0.727. The SMILES string of the molecule is CCC(C)CCCC(C)=CC=O. The summed E-state index contributed by atoms with van der Waals surface area (Å²) in [5.74, 6) is 0.828. The summed E-state index contributed by atoms with van der Waals surface area (Å²) in [5.41, 5.74) is 1.20. The average molecular weight is 168 g/mol. The van der Waals surface area contributed by atoms with Crippen molar-refractivity contribution in [1.29, 1.82) is 0 Å². The minimum Gasteiger partial charge on any atom is -0.299 e. The molecule has 0 aliphatic rings. The number of rotatable bonds is 6. The molecule has 0 fully saturated rings. The van der Waals surface area contributed by atoms with Crippen LogP contribution < -0.4 is 0 Å². The van der Waals surface area contributed by atoms with Gasteiger partial charge in [0.1, 0.15) is 6.29 Å². The number of allylic oxidation sites excluding steroid dienone is 2. The molecule has 0 heterocycles. The summed E-state index contributed by atoms with van der Waals surface area (Å²) < 4.78 is 0. The molecule has 1 nitrogen and oxygen atoms in total. The molecule has 12 heavy (non-hydrogen) atoms. The third kappa shape index (κ3) is 6.14. The Bertz CT molecular complexity index is 147. The monoisotopic (exact) mass is 168 g/mol. The standard InChI is InChI=1S/C11H20O/c1-4-10(2)6-5-7-11(3)8-9-12/h8-10H,4-7H2,1-3H3. The number of hydrogen-bond acceptors (Lipinski definition) is 1. The largest absolute Gasteiger partial charge is 0.299 e. The first-order chi connectivity index (χ1) is 5.70. The fourth-order valence-corrected chi connectivity index (χ4v) is 1.13. The van der Waals surface area contributed by atoms with Gasteiger partial charge in [0.05, 0.1) is 0 Å². The normalized spacial score (nSPS) is 14.4. The van der Waals surface area contributed by atoms with Crippen LogP contribution in [0.1, 0.15) is 46.5 Å². The highest BCUT2D eigenvalue weighted by Gasteiger charge is 1.98. The van der Waals surface area contributed by atoms with E-state index in [2.05, 4.69) is 13.8 Å². The lowest BCUT2D eigenvalue weighted by Crippen LogP contribution is -1.91. The van der Waals surface area contributed by atoms with Gasteiger partial charge in [-0.1, -0.05) is 32.3 Å². The molecular weight excluding hydrogens is 148 g/mol. The maximum Gasteiger partial charge on any atom is 0.142 e. The predicted octanol–water partition coefficient (Wildman–Crippen LogP) is 3.35. The summed E-state index contributed by atoms with van der Waals surface area (Å²) in [4.78, 5) is 10.1. The van der Waals surface area contributed by atoms with Gasteiger partial charge in [-0.05, 0) is 31.8 Å². The molecule has 1 atom stereocenters. The van der Waals surface area contributed by atoms with Crippen LogP contribution in [0.2, 0.25) is 0 Å². The molecule has 0 saturated heterocycles. The van der Waals surface area contributed by atoms with Crippen LogP contribution in [0.25, 0.3) is 0 Å². The molecule has 70 valence electrons. The second kappa shape index (κ2) is 7.08. The van der Waals surface area contributed by atoms with E-state index in [1.165, 1.54) is 24.8 Å². The topological polar surface area (TPSA) is 17.1 Å². The highest BCUT2D eigenvalue weighted by molar-refractivity contribution is 5.65. The van der Waals surface area contributed by atoms with Crippen LogP contribution in [0.3, 0.4) is 0 Å². The van der Waals surface area contributed by atoms with Crippen LogP contribution in [0.4, 0.5) is 0 Å². The quantitative estimate of drug-likeness (QED) is 0.439. The molecule has 0 aliphatic carbocycles. The van der Waals surface area contributed by atoms with E-state index in [0.29, 0.717) is 0 Å². The Morgan fingerprint density at radius 1 is 1.50 bits per heavy atom. The van der Waals surface area contributed by atoms with Crippen molar-refractivity contribution in [1.82, 2.24) is 0 Å². The Balaban J connectivity index is 3.42. The fourth-order valence-electron chi connectivity index (χ4n) is 1.13. The molecule has 0 aromatic carbocycles. The third-order valence-electron chi connectivity index (χ3n) is 2.32. The van der Waals surface area contributed by atoms with Gasteiger partial charge in [-0.25, -0.2) is 0 Å². The molecule has 1 unspecified atom stereocenters. The molecule has 0 aromatic rings. The lowest BCUT2D eigenvalue weighted by atomic mass is 10.00. The highest BCUT2D eigenvalue weighted by Crippen LogP contribution is 2.13. The van der Waals surface area contributed by atoms with Gasteiger partial charge in [0.15, 0.2) is 0 Å². The van der Waals surface area contributed by atoms with E-state index in [1.54, 1.807) is 6.08 Å². The van der Waals surface area contributed by atoms with Crippen LogP contribution in [0, 0.1) is 5.92 Å². The molecule has 0 amide bonds. The van der Waals surface area contributed by atoms with Crippen LogP contribution >= 0.6 is 0 Å². The molecule has 0 spiro atoms. The first-order valence-electron chi connectivity index (χ1n) is 4.81. The Hall–Kier alpha value is -0.590. The first kappa shape index (κ1) is 11.4. The van der Waals surface area contributed by atoms with E-state index in [-0.39, 0.29) is 0 Å². The second-order valence-electron chi connectivity index (χ2n) is 3.55. The van der Waals surface area contributed by atoms with Crippen LogP contribution in [0.5, 0.6) is 0 Å². The Morgan fingerprint density at radius 3 is 2.67 bits per heavy atom. The lowest BCUT2D eigenvalue weighted by Gasteiger charge is -2.06. The van der Waals surface area contributed by atoms with Crippen LogP contribution in [0.15, 0.2) is 11.6 Å². The zero-order valence-electron chi connectivity index (χ0n) is 8.47. The van der Waals surface area contributed by atoms with Gasteiger partial charge in [0, 0.05) is 0 Å². The number of carbonyl (C=O) groups is 1. The Kier molecular flexibility index (Phi) is 6.73. The van der Waals surface area contributed by atoms with Crippen molar-refractivity contribution in [2.24, 2.45) is 5.92 Å². The van der Waals surface area contributed by atoms with E-state index >= 15 is 0 Å². The van der Waals surface area contributed by atoms with Gasteiger partial charge in [-0.2, -0.15) is 0 Å². The van der Waals surface area contributed by atoms with E-state index < -0.39 is 0 Å². The zero-order valence-corrected chi connectivity index (χ0v) is 8.47. The summed E-state index contributed by atoms with van der Waals surface area (Å²) in [6.07, 6.45) is 7.36. The van der Waals surface area contributed by atoms with Gasteiger partial charge >= 0.3 is 0 Å². The highest BCUT2D eigenvalue weighted by atomic mass is 16.1. The summed E-state index contributed by atoms with van der Waals surface area (Å²) in [6.45, 7) is 6.52. The van der Waals surface area contributed by atoms with Gasteiger partial charge in [0.2, 0.25) is 0 Å². The van der Waals surface area contributed by atoms with Crippen molar-refractivity contribution in [3.05, 3.63) is 11.6 Å². The van der Waals surface area contributed by atoms with Gasteiger partial charge in [0.25, 0.3) is 0 Å². The summed E-state index contributed by atoms with van der Waals surface area (Å²) >= 11 is 0. The maximum atomic E-state index is 10.1. The molecule has 0 bridgehead atoms. The third-order valence-corrected chi connectivity index (χ3v) is 2.32. The molecular formula is C11H20O. The first-order valence-corrected chi connectivity index (χ1v) is 4.81. The number of aldehydes is 1. The van der Waals surface area contributed by atoms with Gasteiger partial charge in [-0.15, -0.1) is 0 Å². The van der Waals surface area contributed by atoms with E-state index in [4.69, 9.17) is 0 Å². The molecule has 0 N–H and O–H groups in total. The van der Waals surface area contributed by atoms with E-state index in [1.807, 2.05) is 6.92 Å². The Morgan fingerprint density at radius 2 is 2.17 bits per heavy atom.